The Morgan fingerprint density at radius 2 is 2.00 bits per heavy atom. The smallest absolute Gasteiger partial charge is 0.220 e. The standard InChI is InChI=1S/C14H27NO2/c1-14(2,11-16)8-5-9-15-13(17)10-12-6-3-4-7-12/h12,16H,3-11H2,1-2H3,(H,15,17). The molecule has 17 heavy (non-hydrogen) atoms. The molecule has 0 aliphatic heterocycles. The first kappa shape index (κ1) is 14.5. The molecule has 1 aliphatic rings. The van der Waals surface area contributed by atoms with Crippen LogP contribution in [-0.2, 0) is 4.79 Å². The van der Waals surface area contributed by atoms with Crippen LogP contribution in [-0.4, -0.2) is 24.2 Å². The molecular formula is C14H27NO2. The van der Waals surface area contributed by atoms with Crippen LogP contribution < -0.4 is 5.32 Å². The summed E-state index contributed by atoms with van der Waals surface area (Å²) < 4.78 is 0. The fraction of sp³-hybridized carbons (Fsp3) is 0.929. The van der Waals surface area contributed by atoms with Crippen LogP contribution in [0.15, 0.2) is 0 Å². The van der Waals surface area contributed by atoms with Crippen molar-refractivity contribution in [2.75, 3.05) is 13.2 Å². The first-order valence-electron chi connectivity index (χ1n) is 6.91. The molecule has 3 heteroatoms. The van der Waals surface area contributed by atoms with Crippen molar-refractivity contribution in [1.29, 1.82) is 0 Å². The van der Waals surface area contributed by atoms with E-state index in [0.717, 1.165) is 19.4 Å². The maximum atomic E-state index is 11.6. The topological polar surface area (TPSA) is 49.3 Å². The van der Waals surface area contributed by atoms with Crippen molar-refractivity contribution in [3.63, 3.8) is 0 Å². The lowest BCUT2D eigenvalue weighted by Gasteiger charge is -2.21. The average Bonchev–Trinajstić information content (AvgIpc) is 2.77. The molecule has 0 bridgehead atoms. The predicted octanol–water partition coefficient (Wildman–Crippen LogP) is 2.48. The molecule has 3 nitrogen and oxygen atoms in total. The van der Waals surface area contributed by atoms with E-state index in [1.54, 1.807) is 0 Å². The molecule has 0 aromatic carbocycles. The van der Waals surface area contributed by atoms with E-state index >= 15 is 0 Å². The number of hydrogen-bond donors (Lipinski definition) is 2. The van der Waals surface area contributed by atoms with Crippen molar-refractivity contribution < 1.29 is 9.90 Å². The molecule has 0 spiro atoms. The normalized spacial score (nSPS) is 17.4. The van der Waals surface area contributed by atoms with E-state index in [1.165, 1.54) is 25.7 Å². The molecular weight excluding hydrogens is 214 g/mol. The largest absolute Gasteiger partial charge is 0.396 e. The van der Waals surface area contributed by atoms with Crippen molar-refractivity contribution in [3.8, 4) is 0 Å². The van der Waals surface area contributed by atoms with E-state index in [1.807, 2.05) is 13.8 Å². The fourth-order valence-electron chi connectivity index (χ4n) is 2.42. The van der Waals surface area contributed by atoms with Gasteiger partial charge in [0.2, 0.25) is 5.91 Å². The summed E-state index contributed by atoms with van der Waals surface area (Å²) in [7, 11) is 0. The molecule has 0 unspecified atom stereocenters. The Morgan fingerprint density at radius 3 is 2.59 bits per heavy atom. The van der Waals surface area contributed by atoms with Crippen molar-refractivity contribution >= 4 is 5.91 Å². The predicted molar refractivity (Wildman–Crippen MR) is 69.7 cm³/mol. The van der Waals surface area contributed by atoms with Crippen molar-refractivity contribution in [2.24, 2.45) is 11.3 Å². The molecule has 2 N–H and O–H groups in total. The lowest BCUT2D eigenvalue weighted by Crippen LogP contribution is -2.27. The Balaban J connectivity index is 2.04. The van der Waals surface area contributed by atoms with E-state index in [-0.39, 0.29) is 17.9 Å². The quantitative estimate of drug-likeness (QED) is 0.673. The Hall–Kier alpha value is -0.570. The lowest BCUT2D eigenvalue weighted by atomic mass is 9.89. The van der Waals surface area contributed by atoms with E-state index in [2.05, 4.69) is 5.32 Å². The molecule has 0 saturated heterocycles. The summed E-state index contributed by atoms with van der Waals surface area (Å²) in [6.07, 6.45) is 7.65. The lowest BCUT2D eigenvalue weighted by molar-refractivity contribution is -0.122. The first-order chi connectivity index (χ1) is 8.03. The first-order valence-corrected chi connectivity index (χ1v) is 6.91. The third-order valence-electron chi connectivity index (χ3n) is 3.73. The molecule has 1 aliphatic carbocycles. The van der Waals surface area contributed by atoms with Crippen molar-refractivity contribution in [1.82, 2.24) is 5.32 Å². The Kier molecular flexibility index (Phi) is 5.96. The number of carbonyl (C=O) groups is 1. The van der Waals surface area contributed by atoms with Gasteiger partial charge < -0.3 is 10.4 Å². The number of rotatable bonds is 7. The number of amides is 1. The molecule has 0 aromatic heterocycles. The van der Waals surface area contributed by atoms with Crippen LogP contribution in [0.5, 0.6) is 0 Å². The van der Waals surface area contributed by atoms with Gasteiger partial charge in [0.05, 0.1) is 0 Å². The summed E-state index contributed by atoms with van der Waals surface area (Å²) in [4.78, 5) is 11.6. The minimum Gasteiger partial charge on any atom is -0.396 e. The second kappa shape index (κ2) is 7.00. The van der Waals surface area contributed by atoms with Crippen LogP contribution in [0.25, 0.3) is 0 Å². The highest BCUT2D eigenvalue weighted by atomic mass is 16.3. The molecule has 1 amide bonds. The highest BCUT2D eigenvalue weighted by molar-refractivity contribution is 5.76. The number of carbonyl (C=O) groups excluding carboxylic acids is 1. The summed E-state index contributed by atoms with van der Waals surface area (Å²) in [5.74, 6) is 0.836. The van der Waals surface area contributed by atoms with Gasteiger partial charge in [0.15, 0.2) is 0 Å². The van der Waals surface area contributed by atoms with Gasteiger partial charge in [0.1, 0.15) is 0 Å². The van der Waals surface area contributed by atoms with Gasteiger partial charge in [-0.05, 0) is 37.0 Å². The zero-order valence-corrected chi connectivity index (χ0v) is 11.3. The van der Waals surface area contributed by atoms with Crippen LogP contribution in [0.3, 0.4) is 0 Å². The fourth-order valence-corrected chi connectivity index (χ4v) is 2.42. The van der Waals surface area contributed by atoms with Gasteiger partial charge in [-0.3, -0.25) is 4.79 Å². The van der Waals surface area contributed by atoms with Crippen LogP contribution >= 0.6 is 0 Å². The van der Waals surface area contributed by atoms with Crippen LogP contribution in [0.1, 0.15) is 58.8 Å². The maximum Gasteiger partial charge on any atom is 0.220 e. The second-order valence-corrected chi connectivity index (χ2v) is 6.13. The zero-order valence-electron chi connectivity index (χ0n) is 11.3. The van der Waals surface area contributed by atoms with Gasteiger partial charge in [-0.2, -0.15) is 0 Å². The molecule has 1 saturated carbocycles. The van der Waals surface area contributed by atoms with Gasteiger partial charge in [0, 0.05) is 19.6 Å². The molecule has 1 rings (SSSR count). The highest BCUT2D eigenvalue weighted by Crippen LogP contribution is 2.27. The molecule has 100 valence electrons. The summed E-state index contributed by atoms with van der Waals surface area (Å²) in [6.45, 7) is 5.05. The zero-order chi connectivity index (χ0) is 12.7. The Bertz CT molecular complexity index is 232. The molecule has 0 radical (unpaired) electrons. The van der Waals surface area contributed by atoms with Crippen molar-refractivity contribution in [3.05, 3.63) is 0 Å². The van der Waals surface area contributed by atoms with Crippen LogP contribution in [0.2, 0.25) is 0 Å². The van der Waals surface area contributed by atoms with E-state index in [9.17, 15) is 4.79 Å². The molecule has 0 atom stereocenters. The molecule has 0 aromatic rings. The Morgan fingerprint density at radius 1 is 1.35 bits per heavy atom. The minimum absolute atomic E-state index is 0.0177. The van der Waals surface area contributed by atoms with Gasteiger partial charge in [-0.15, -0.1) is 0 Å². The second-order valence-electron chi connectivity index (χ2n) is 6.13. The summed E-state index contributed by atoms with van der Waals surface area (Å²) in [5.41, 5.74) is -0.0177. The number of hydrogen-bond acceptors (Lipinski definition) is 2. The minimum atomic E-state index is -0.0177. The summed E-state index contributed by atoms with van der Waals surface area (Å²) in [6, 6.07) is 0. The average molecular weight is 241 g/mol. The van der Waals surface area contributed by atoms with E-state index in [4.69, 9.17) is 5.11 Å². The third kappa shape index (κ3) is 6.06. The Labute approximate surface area is 105 Å². The van der Waals surface area contributed by atoms with Gasteiger partial charge in [-0.1, -0.05) is 26.7 Å². The van der Waals surface area contributed by atoms with Gasteiger partial charge in [0.25, 0.3) is 0 Å². The third-order valence-corrected chi connectivity index (χ3v) is 3.73. The molecule has 1 fully saturated rings. The van der Waals surface area contributed by atoms with Crippen LogP contribution in [0.4, 0.5) is 0 Å². The SMILES string of the molecule is CC(C)(CO)CCCNC(=O)CC1CCCC1. The van der Waals surface area contributed by atoms with Gasteiger partial charge >= 0.3 is 0 Å². The van der Waals surface area contributed by atoms with Gasteiger partial charge in [-0.25, -0.2) is 0 Å². The summed E-state index contributed by atoms with van der Waals surface area (Å²) >= 11 is 0. The van der Waals surface area contributed by atoms with E-state index in [0.29, 0.717) is 12.3 Å². The number of aliphatic hydroxyl groups is 1. The molecule has 0 heterocycles. The monoisotopic (exact) mass is 241 g/mol. The highest BCUT2D eigenvalue weighted by Gasteiger charge is 2.18. The van der Waals surface area contributed by atoms with Crippen molar-refractivity contribution in [2.45, 2.75) is 58.8 Å². The maximum absolute atomic E-state index is 11.6. The number of nitrogens with one attached hydrogen (secondary N) is 1. The number of aliphatic hydroxyl groups excluding tert-OH is 1. The summed E-state index contributed by atoms with van der Waals surface area (Å²) in [5, 5.41) is 12.1. The van der Waals surface area contributed by atoms with E-state index < -0.39 is 0 Å². The van der Waals surface area contributed by atoms with Crippen LogP contribution in [0, 0.1) is 11.3 Å².